The maximum absolute atomic E-state index is 15.3. The summed E-state index contributed by atoms with van der Waals surface area (Å²) in [4.78, 5) is 55.6. The summed E-state index contributed by atoms with van der Waals surface area (Å²) in [5.41, 5.74) is -1.93. The van der Waals surface area contributed by atoms with Gasteiger partial charge in [0.2, 0.25) is 11.9 Å². The molecule has 32 heavy (non-hydrogen) atoms. The van der Waals surface area contributed by atoms with Crippen molar-refractivity contribution in [3.8, 4) is 12.3 Å². The summed E-state index contributed by atoms with van der Waals surface area (Å²) >= 11 is 0. The monoisotopic (exact) mass is 449 g/mol. The van der Waals surface area contributed by atoms with E-state index in [2.05, 4.69) is 21.2 Å². The van der Waals surface area contributed by atoms with Crippen LogP contribution in [0.4, 0.5) is 10.3 Å². The minimum Gasteiger partial charge on any atom is -0.454 e. The summed E-state index contributed by atoms with van der Waals surface area (Å²) in [5.74, 6) is 0.527. The van der Waals surface area contributed by atoms with Crippen LogP contribution in [0.25, 0.3) is 11.2 Å². The molecule has 1 saturated heterocycles. The summed E-state index contributed by atoms with van der Waals surface area (Å²) in [6, 6.07) is 0. The molecule has 0 saturated carbocycles. The lowest BCUT2D eigenvalue weighted by Gasteiger charge is -2.20. The van der Waals surface area contributed by atoms with Crippen LogP contribution in [-0.4, -0.2) is 49.4 Å². The Kier molecular flexibility index (Phi) is 6.50. The Morgan fingerprint density at radius 1 is 1.41 bits per heavy atom. The highest BCUT2D eigenvalue weighted by atomic mass is 19.1. The maximum Gasteiger partial charge on any atom is 0.333 e. The molecule has 0 spiro atoms. The Labute approximate surface area is 181 Å². The van der Waals surface area contributed by atoms with Crippen molar-refractivity contribution in [3.05, 3.63) is 20.8 Å². The van der Waals surface area contributed by atoms with Crippen molar-refractivity contribution in [2.45, 2.75) is 65.3 Å². The molecule has 3 heterocycles. The van der Waals surface area contributed by atoms with E-state index in [0.29, 0.717) is 6.42 Å². The summed E-state index contributed by atoms with van der Waals surface area (Å²) in [6.45, 7) is 5.67. The quantitative estimate of drug-likeness (QED) is 0.489. The number of fused-ring (bicyclic) bond motifs is 1. The molecule has 2 aromatic heterocycles. The van der Waals surface area contributed by atoms with E-state index in [1.54, 1.807) is 6.92 Å². The van der Waals surface area contributed by atoms with Gasteiger partial charge in [-0.2, -0.15) is 4.98 Å². The van der Waals surface area contributed by atoms with Crippen LogP contribution in [-0.2, 0) is 25.6 Å². The van der Waals surface area contributed by atoms with Gasteiger partial charge in [-0.1, -0.05) is 26.2 Å². The lowest BCUT2D eigenvalue weighted by Crippen LogP contribution is -2.37. The number of nitrogens with one attached hydrogen (secondary N) is 2. The third-order valence-corrected chi connectivity index (χ3v) is 5.32. The molecular weight excluding hydrogens is 425 g/mol. The molecule has 1 amide bonds. The first-order valence-electron chi connectivity index (χ1n) is 10.0. The SMILES string of the molecule is C#CCn1c(=O)n([C@@H]2O[C@H]([C@@H](C)CC)[C@H](F)[C@H]2OC(C)=O)c2nc(NC(C)=O)[nH]c(=O)c21. The normalized spacial score (nSPS) is 23.6. The number of aromatic nitrogens is 4. The predicted octanol–water partition coefficient (Wildman–Crippen LogP) is 0.691. The fourth-order valence-electron chi connectivity index (χ4n) is 3.74. The van der Waals surface area contributed by atoms with Crippen molar-refractivity contribution >= 4 is 29.0 Å². The number of aromatic amines is 1. The second-order valence-electron chi connectivity index (χ2n) is 7.61. The van der Waals surface area contributed by atoms with E-state index < -0.39 is 47.7 Å². The molecule has 0 bridgehead atoms. The minimum absolute atomic E-state index is 0.186. The average Bonchev–Trinajstić information content (AvgIpc) is 3.15. The highest BCUT2D eigenvalue weighted by Crippen LogP contribution is 2.38. The number of terminal acetylenes is 1. The van der Waals surface area contributed by atoms with Crippen LogP contribution in [0.2, 0.25) is 0 Å². The molecule has 11 nitrogen and oxygen atoms in total. The van der Waals surface area contributed by atoms with Crippen LogP contribution >= 0.6 is 0 Å². The van der Waals surface area contributed by atoms with Gasteiger partial charge in [-0.3, -0.25) is 29.3 Å². The van der Waals surface area contributed by atoms with Gasteiger partial charge in [0.05, 0.1) is 12.6 Å². The van der Waals surface area contributed by atoms with Crippen molar-refractivity contribution in [1.82, 2.24) is 19.1 Å². The number of amides is 1. The zero-order valence-corrected chi connectivity index (χ0v) is 18.0. The maximum atomic E-state index is 15.3. The average molecular weight is 449 g/mol. The van der Waals surface area contributed by atoms with Gasteiger partial charge in [0.25, 0.3) is 5.56 Å². The first kappa shape index (κ1) is 23.2. The van der Waals surface area contributed by atoms with Crippen LogP contribution in [0.5, 0.6) is 0 Å². The summed E-state index contributed by atoms with van der Waals surface area (Å²) in [5, 5.41) is 2.33. The van der Waals surface area contributed by atoms with Crippen LogP contribution in [0.1, 0.15) is 40.3 Å². The van der Waals surface area contributed by atoms with Crippen LogP contribution in [0.3, 0.4) is 0 Å². The van der Waals surface area contributed by atoms with Gasteiger partial charge < -0.3 is 9.47 Å². The van der Waals surface area contributed by atoms with E-state index in [-0.39, 0.29) is 29.6 Å². The van der Waals surface area contributed by atoms with Gasteiger partial charge in [0.15, 0.2) is 29.7 Å². The Balaban J connectivity index is 2.28. The Hall–Kier alpha value is -3.46. The number of halogens is 1. The van der Waals surface area contributed by atoms with Gasteiger partial charge >= 0.3 is 11.7 Å². The number of hydrogen-bond donors (Lipinski definition) is 2. The molecule has 0 aliphatic carbocycles. The molecular formula is C20H24FN5O6. The lowest BCUT2D eigenvalue weighted by atomic mass is 9.97. The molecule has 0 unspecified atom stereocenters. The van der Waals surface area contributed by atoms with Crippen molar-refractivity contribution < 1.29 is 23.5 Å². The molecule has 5 atom stereocenters. The fourth-order valence-corrected chi connectivity index (χ4v) is 3.74. The number of alkyl halides is 1. The van der Waals surface area contributed by atoms with Crippen LogP contribution < -0.4 is 16.6 Å². The van der Waals surface area contributed by atoms with Crippen LogP contribution in [0.15, 0.2) is 9.59 Å². The van der Waals surface area contributed by atoms with Crippen molar-refractivity contribution in [2.75, 3.05) is 5.32 Å². The van der Waals surface area contributed by atoms with Gasteiger partial charge in [-0.05, 0) is 5.92 Å². The molecule has 1 aliphatic rings. The van der Waals surface area contributed by atoms with E-state index >= 15 is 4.39 Å². The van der Waals surface area contributed by atoms with E-state index in [0.717, 1.165) is 16.1 Å². The number of carbonyl (C=O) groups excluding carboxylic acids is 2. The van der Waals surface area contributed by atoms with E-state index in [1.165, 1.54) is 6.92 Å². The smallest absolute Gasteiger partial charge is 0.333 e. The highest BCUT2D eigenvalue weighted by Gasteiger charge is 2.51. The first-order valence-corrected chi connectivity index (χ1v) is 10.0. The third kappa shape index (κ3) is 4.03. The number of nitrogens with zero attached hydrogens (tertiary/aromatic N) is 3. The molecule has 1 fully saturated rings. The summed E-state index contributed by atoms with van der Waals surface area (Å²) in [7, 11) is 0. The number of carbonyl (C=O) groups is 2. The Bertz CT molecular complexity index is 1210. The summed E-state index contributed by atoms with van der Waals surface area (Å²) < 4.78 is 28.3. The summed E-state index contributed by atoms with van der Waals surface area (Å²) in [6.07, 6.45) is 0.370. The van der Waals surface area contributed by atoms with Crippen molar-refractivity contribution in [2.24, 2.45) is 5.92 Å². The number of imidazole rings is 1. The highest BCUT2D eigenvalue weighted by molar-refractivity contribution is 5.87. The predicted molar refractivity (Wildman–Crippen MR) is 112 cm³/mol. The fraction of sp³-hybridized carbons (Fsp3) is 0.550. The van der Waals surface area contributed by atoms with Crippen LogP contribution in [0, 0.1) is 18.3 Å². The standard InChI is InChI=1S/C20H24FN5O6/c1-6-8-25-13-16(23-19(22-10(4)27)24-17(13)29)26(20(25)30)18-15(31-11(5)28)12(21)14(32-18)9(3)7-2/h1,9,12,14-15,18H,7-8H2,2-5H3,(H2,22,23,24,27,29)/t9-,12-,14+,15+,18+/m0/s1. The Morgan fingerprint density at radius 2 is 2.09 bits per heavy atom. The molecule has 1 aliphatic heterocycles. The lowest BCUT2D eigenvalue weighted by molar-refractivity contribution is -0.154. The molecule has 2 N–H and O–H groups in total. The minimum atomic E-state index is -1.73. The Morgan fingerprint density at radius 3 is 2.66 bits per heavy atom. The van der Waals surface area contributed by atoms with Gasteiger partial charge in [-0.25, -0.2) is 13.8 Å². The topological polar surface area (TPSA) is 137 Å². The number of hydrogen-bond acceptors (Lipinski definition) is 7. The van der Waals surface area contributed by atoms with Crippen molar-refractivity contribution in [3.63, 3.8) is 0 Å². The number of H-pyrrole nitrogens is 1. The molecule has 3 rings (SSSR count). The second-order valence-corrected chi connectivity index (χ2v) is 7.61. The first-order chi connectivity index (χ1) is 15.1. The van der Waals surface area contributed by atoms with Gasteiger partial charge in [0.1, 0.15) is 0 Å². The van der Waals surface area contributed by atoms with E-state index in [1.807, 2.05) is 6.92 Å². The van der Waals surface area contributed by atoms with Gasteiger partial charge in [-0.15, -0.1) is 6.42 Å². The van der Waals surface area contributed by atoms with Crippen molar-refractivity contribution in [1.29, 1.82) is 0 Å². The zero-order valence-electron chi connectivity index (χ0n) is 18.0. The molecule has 0 aromatic carbocycles. The molecule has 12 heteroatoms. The largest absolute Gasteiger partial charge is 0.454 e. The number of rotatable bonds is 6. The number of ether oxygens (including phenoxy) is 2. The third-order valence-electron chi connectivity index (χ3n) is 5.32. The molecule has 172 valence electrons. The molecule has 0 radical (unpaired) electrons. The second kappa shape index (κ2) is 8.96. The number of esters is 1. The van der Waals surface area contributed by atoms with E-state index in [4.69, 9.17) is 15.9 Å². The number of anilines is 1. The van der Waals surface area contributed by atoms with Gasteiger partial charge in [0, 0.05) is 13.8 Å². The van der Waals surface area contributed by atoms with E-state index in [9.17, 15) is 19.2 Å². The zero-order chi connectivity index (χ0) is 23.7. The molecule has 2 aromatic rings.